The van der Waals surface area contributed by atoms with Crippen molar-refractivity contribution >= 4 is 11.5 Å². The number of nitrogens with two attached hydrogens (primary N) is 1. The van der Waals surface area contributed by atoms with Crippen LogP contribution in [-0.2, 0) is 0 Å². The van der Waals surface area contributed by atoms with Crippen LogP contribution in [0.25, 0.3) is 0 Å². The molecule has 1 heterocycles. The first-order valence-corrected chi connectivity index (χ1v) is 3.62. The molecule has 0 radical (unpaired) electrons. The number of hydrogen-bond acceptors (Lipinski definition) is 5. The average Bonchev–Trinajstić information content (AvgIpc) is 2.02. The molecule has 6 nitrogen and oxygen atoms in total. The molecule has 0 unspecified atom stereocenters. The molecule has 0 amide bonds. The first-order valence-electron chi connectivity index (χ1n) is 3.62. The Morgan fingerprint density at radius 1 is 1.69 bits per heavy atom. The van der Waals surface area contributed by atoms with E-state index in [1.807, 2.05) is 0 Å². The summed E-state index contributed by atoms with van der Waals surface area (Å²) in [4.78, 5) is 14.0. The topological polar surface area (TPSA) is 85.3 Å². The van der Waals surface area contributed by atoms with Gasteiger partial charge in [0.2, 0.25) is 5.82 Å². The number of nitro groups is 1. The quantitative estimate of drug-likeness (QED) is 0.411. The number of aromatic nitrogens is 1. The van der Waals surface area contributed by atoms with Crippen molar-refractivity contribution in [1.82, 2.24) is 4.98 Å². The highest BCUT2D eigenvalue weighted by Gasteiger charge is 2.19. The summed E-state index contributed by atoms with van der Waals surface area (Å²) in [6.07, 6.45) is 1.49. The van der Waals surface area contributed by atoms with Gasteiger partial charge in [0.25, 0.3) is 0 Å². The highest BCUT2D eigenvalue weighted by atomic mass is 16.6. The fraction of sp³-hybridized carbons (Fsp3) is 0.286. The monoisotopic (exact) mass is 182 g/mol. The normalized spacial score (nSPS) is 9.77. The Labute approximate surface area is 75.1 Å². The van der Waals surface area contributed by atoms with E-state index in [0.29, 0.717) is 5.56 Å². The van der Waals surface area contributed by atoms with Crippen molar-refractivity contribution in [2.24, 2.45) is 5.84 Å². The van der Waals surface area contributed by atoms with E-state index < -0.39 is 4.92 Å². The summed E-state index contributed by atoms with van der Waals surface area (Å²) in [5.74, 6) is 5.56. The predicted molar refractivity (Wildman–Crippen MR) is 48.2 cm³/mol. The van der Waals surface area contributed by atoms with Crippen molar-refractivity contribution in [2.45, 2.75) is 6.92 Å². The third-order valence-electron chi connectivity index (χ3n) is 1.62. The Hall–Kier alpha value is -1.69. The molecule has 0 saturated heterocycles. The Morgan fingerprint density at radius 3 is 2.69 bits per heavy atom. The van der Waals surface area contributed by atoms with E-state index in [4.69, 9.17) is 5.84 Å². The van der Waals surface area contributed by atoms with Gasteiger partial charge >= 0.3 is 5.69 Å². The molecule has 0 bridgehead atoms. The first kappa shape index (κ1) is 9.40. The predicted octanol–water partition coefficient (Wildman–Crippen LogP) is 0.608. The SMILES string of the molecule is Cc1ccnc(N(C)N)c1[N+](=O)[O-]. The molecule has 2 N–H and O–H groups in total. The highest BCUT2D eigenvalue weighted by Crippen LogP contribution is 2.26. The number of nitrogens with zero attached hydrogens (tertiary/aromatic N) is 3. The maximum atomic E-state index is 10.6. The van der Waals surface area contributed by atoms with Crippen LogP contribution < -0.4 is 10.9 Å². The van der Waals surface area contributed by atoms with Gasteiger partial charge in [0.1, 0.15) is 0 Å². The van der Waals surface area contributed by atoms with Gasteiger partial charge in [-0.05, 0) is 13.0 Å². The summed E-state index contributed by atoms with van der Waals surface area (Å²) >= 11 is 0. The van der Waals surface area contributed by atoms with Gasteiger partial charge in [-0.3, -0.25) is 15.1 Å². The smallest absolute Gasteiger partial charge is 0.292 e. The molecule has 0 aliphatic rings. The van der Waals surface area contributed by atoms with Crippen molar-refractivity contribution in [3.63, 3.8) is 0 Å². The van der Waals surface area contributed by atoms with Crippen LogP contribution in [0.3, 0.4) is 0 Å². The second kappa shape index (κ2) is 3.36. The first-order chi connectivity index (χ1) is 6.04. The second-order valence-electron chi connectivity index (χ2n) is 2.67. The molecule has 1 rings (SSSR count). The zero-order valence-electron chi connectivity index (χ0n) is 7.39. The molecule has 0 aromatic carbocycles. The molecular formula is C7H10N4O2. The Kier molecular flexibility index (Phi) is 2.43. The lowest BCUT2D eigenvalue weighted by molar-refractivity contribution is -0.384. The van der Waals surface area contributed by atoms with Gasteiger partial charge in [-0.2, -0.15) is 0 Å². The number of rotatable bonds is 2. The highest BCUT2D eigenvalue weighted by molar-refractivity contribution is 5.60. The largest absolute Gasteiger partial charge is 0.315 e. The minimum atomic E-state index is -0.485. The van der Waals surface area contributed by atoms with Crippen molar-refractivity contribution in [2.75, 3.05) is 12.1 Å². The van der Waals surface area contributed by atoms with Crippen molar-refractivity contribution in [3.05, 3.63) is 27.9 Å². The zero-order chi connectivity index (χ0) is 10.0. The van der Waals surface area contributed by atoms with Gasteiger partial charge in [0, 0.05) is 18.8 Å². The van der Waals surface area contributed by atoms with E-state index in [2.05, 4.69) is 4.98 Å². The van der Waals surface area contributed by atoms with Gasteiger partial charge in [-0.15, -0.1) is 0 Å². The van der Waals surface area contributed by atoms with Crippen LogP contribution in [0.5, 0.6) is 0 Å². The van der Waals surface area contributed by atoms with E-state index >= 15 is 0 Å². The van der Waals surface area contributed by atoms with Gasteiger partial charge in [0.15, 0.2) is 0 Å². The molecule has 0 aliphatic carbocycles. The summed E-state index contributed by atoms with van der Waals surface area (Å²) in [6.45, 7) is 1.65. The Balaban J connectivity index is 3.34. The fourth-order valence-electron chi connectivity index (χ4n) is 1.02. The van der Waals surface area contributed by atoms with Gasteiger partial charge < -0.3 is 0 Å². The number of hydrazine groups is 1. The number of hydrogen-bond donors (Lipinski definition) is 1. The third-order valence-corrected chi connectivity index (χ3v) is 1.62. The molecule has 0 atom stereocenters. The molecule has 70 valence electrons. The second-order valence-corrected chi connectivity index (χ2v) is 2.67. The number of anilines is 1. The average molecular weight is 182 g/mol. The summed E-state index contributed by atoms with van der Waals surface area (Å²) < 4.78 is 0. The minimum Gasteiger partial charge on any atom is -0.292 e. The summed E-state index contributed by atoms with van der Waals surface area (Å²) in [7, 11) is 1.51. The van der Waals surface area contributed by atoms with E-state index in [9.17, 15) is 10.1 Å². The molecule has 0 spiro atoms. The number of pyridine rings is 1. The van der Waals surface area contributed by atoms with Crippen molar-refractivity contribution < 1.29 is 4.92 Å². The van der Waals surface area contributed by atoms with E-state index in [1.54, 1.807) is 13.0 Å². The molecule has 1 aromatic rings. The molecule has 6 heteroatoms. The molecule has 0 fully saturated rings. The van der Waals surface area contributed by atoms with E-state index in [0.717, 1.165) is 5.01 Å². The van der Waals surface area contributed by atoms with Gasteiger partial charge in [-0.25, -0.2) is 10.8 Å². The number of aryl methyl sites for hydroxylation is 1. The van der Waals surface area contributed by atoms with Crippen LogP contribution in [0.4, 0.5) is 11.5 Å². The summed E-state index contributed by atoms with van der Waals surface area (Å²) in [5.41, 5.74) is 0.500. The van der Waals surface area contributed by atoms with Crippen LogP contribution in [-0.4, -0.2) is 17.0 Å². The maximum Gasteiger partial charge on any atom is 0.315 e. The van der Waals surface area contributed by atoms with Crippen LogP contribution in [0.2, 0.25) is 0 Å². The molecular weight excluding hydrogens is 172 g/mol. The van der Waals surface area contributed by atoms with E-state index in [1.165, 1.54) is 13.2 Å². The standard InChI is InChI=1S/C7H10N4O2/c1-5-3-4-9-7(10(2)8)6(5)11(12)13/h3-4H,8H2,1-2H3. The lowest BCUT2D eigenvalue weighted by Gasteiger charge is -2.11. The Bertz CT molecular complexity index is 337. The lowest BCUT2D eigenvalue weighted by atomic mass is 10.2. The molecule has 0 saturated carbocycles. The van der Waals surface area contributed by atoms with Crippen LogP contribution in [0.15, 0.2) is 12.3 Å². The van der Waals surface area contributed by atoms with Gasteiger partial charge in [0.05, 0.1) is 4.92 Å². The Morgan fingerprint density at radius 2 is 2.31 bits per heavy atom. The minimum absolute atomic E-state index is 0.0486. The molecule has 0 aliphatic heterocycles. The van der Waals surface area contributed by atoms with Crippen molar-refractivity contribution in [3.8, 4) is 0 Å². The van der Waals surface area contributed by atoms with Crippen LogP contribution in [0, 0.1) is 17.0 Å². The molecule has 13 heavy (non-hydrogen) atoms. The van der Waals surface area contributed by atoms with E-state index in [-0.39, 0.29) is 11.5 Å². The zero-order valence-corrected chi connectivity index (χ0v) is 7.39. The molecule has 1 aromatic heterocycles. The van der Waals surface area contributed by atoms with Crippen molar-refractivity contribution in [1.29, 1.82) is 0 Å². The maximum absolute atomic E-state index is 10.6. The fourth-order valence-corrected chi connectivity index (χ4v) is 1.02. The van der Waals surface area contributed by atoms with Crippen LogP contribution in [0.1, 0.15) is 5.56 Å². The summed E-state index contributed by atoms with van der Waals surface area (Å²) in [6, 6.07) is 1.57. The lowest BCUT2D eigenvalue weighted by Crippen LogP contribution is -2.27. The summed E-state index contributed by atoms with van der Waals surface area (Å²) in [5, 5.41) is 11.8. The third kappa shape index (κ3) is 1.73. The van der Waals surface area contributed by atoms with Crippen LogP contribution >= 0.6 is 0 Å². The van der Waals surface area contributed by atoms with Gasteiger partial charge in [-0.1, -0.05) is 0 Å².